The Hall–Kier alpha value is -1.38. The maximum absolute atomic E-state index is 13.4. The Balaban J connectivity index is 1.69. The smallest absolute Gasteiger partial charge is 0.0855 e. The second kappa shape index (κ2) is 9.18. The Morgan fingerprint density at radius 3 is 2.59 bits per heavy atom. The van der Waals surface area contributed by atoms with Gasteiger partial charge in [-0.15, -0.1) is 0 Å². The monoisotopic (exact) mass is 432 g/mol. The normalized spacial score (nSPS) is 23.8. The van der Waals surface area contributed by atoms with Gasteiger partial charge in [-0.25, -0.2) is 4.21 Å². The third-order valence-electron chi connectivity index (χ3n) is 5.94. The van der Waals surface area contributed by atoms with Crippen LogP contribution < -0.4 is 0 Å². The summed E-state index contributed by atoms with van der Waals surface area (Å²) in [6.45, 7) is 4.96. The van der Waals surface area contributed by atoms with Gasteiger partial charge < -0.3 is 10.0 Å². The molecule has 2 aliphatic heterocycles. The number of fused-ring (bicyclic) bond motifs is 2. The van der Waals surface area contributed by atoms with Crippen LogP contribution >= 0.6 is 0 Å². The molecule has 2 aromatic carbocycles. The molecule has 4 rings (SSSR count). The molecule has 0 unspecified atom stereocenters. The number of nitrogens with zero attached hydrogens (tertiary/aromatic N) is 2. The van der Waals surface area contributed by atoms with Crippen LogP contribution in [-0.2, 0) is 28.0 Å². The molecule has 1 saturated heterocycles. The van der Waals surface area contributed by atoms with E-state index in [4.69, 9.17) is 5.11 Å². The van der Waals surface area contributed by atoms with E-state index >= 15 is 0 Å². The Kier molecular flexibility index (Phi) is 6.61. The molecule has 1 N–H and O–H groups in total. The van der Waals surface area contributed by atoms with Crippen LogP contribution in [0.3, 0.4) is 0 Å². The van der Waals surface area contributed by atoms with E-state index in [0.29, 0.717) is 0 Å². The number of benzene rings is 2. The molecule has 0 spiro atoms. The minimum absolute atomic E-state index is 0.126. The van der Waals surface area contributed by atoms with Gasteiger partial charge >= 0.3 is 0 Å². The van der Waals surface area contributed by atoms with Crippen LogP contribution in [0.4, 0.5) is 0 Å². The van der Waals surface area contributed by atoms with Crippen LogP contribution in [0, 0.1) is 0 Å². The molecule has 0 radical (unpaired) electrons. The van der Waals surface area contributed by atoms with Gasteiger partial charge in [0.25, 0.3) is 0 Å². The molecule has 1 fully saturated rings. The average Bonchev–Trinajstić information content (AvgIpc) is 2.87. The first-order valence-corrected chi connectivity index (χ1v) is 12.8. The lowest BCUT2D eigenvalue weighted by atomic mass is 9.96. The SMILES string of the molecule is C[S@@](=O)c1ccc2c(c1)[C@@H](N1CCN(CCCO)CC1)Cc1ccccc1[S@@]2=O. The van der Waals surface area contributed by atoms with Crippen molar-refractivity contribution in [1.29, 1.82) is 0 Å². The summed E-state index contributed by atoms with van der Waals surface area (Å²) in [5, 5.41) is 9.09. The fraction of sp³-hybridized carbons (Fsp3) is 0.455. The first-order chi connectivity index (χ1) is 14.1. The Morgan fingerprint density at radius 1 is 1.10 bits per heavy atom. The molecule has 2 aromatic rings. The van der Waals surface area contributed by atoms with Crippen LogP contribution in [-0.4, -0.2) is 68.9 Å². The maximum atomic E-state index is 13.4. The molecule has 2 heterocycles. The Morgan fingerprint density at radius 2 is 1.86 bits per heavy atom. The molecule has 0 amide bonds. The van der Waals surface area contributed by atoms with Gasteiger partial charge in [0.2, 0.25) is 0 Å². The van der Waals surface area contributed by atoms with Gasteiger partial charge in [0.05, 0.1) is 10.8 Å². The molecule has 0 aromatic heterocycles. The van der Waals surface area contributed by atoms with E-state index in [0.717, 1.165) is 71.4 Å². The van der Waals surface area contributed by atoms with Crippen LogP contribution in [0.15, 0.2) is 57.2 Å². The molecule has 156 valence electrons. The minimum atomic E-state index is -1.23. The van der Waals surface area contributed by atoms with Crippen molar-refractivity contribution in [3.8, 4) is 0 Å². The van der Waals surface area contributed by atoms with Gasteiger partial charge in [-0.05, 0) is 48.2 Å². The summed E-state index contributed by atoms with van der Waals surface area (Å²) >= 11 is 0. The van der Waals surface area contributed by atoms with Gasteiger partial charge in [-0.2, -0.15) is 0 Å². The van der Waals surface area contributed by atoms with Gasteiger partial charge in [-0.3, -0.25) is 9.11 Å². The topological polar surface area (TPSA) is 60.9 Å². The van der Waals surface area contributed by atoms with Crippen LogP contribution in [0.2, 0.25) is 0 Å². The summed E-state index contributed by atoms with van der Waals surface area (Å²) in [5.74, 6) is 0. The lowest BCUT2D eigenvalue weighted by Gasteiger charge is -2.39. The van der Waals surface area contributed by atoms with Crippen molar-refractivity contribution in [1.82, 2.24) is 9.80 Å². The van der Waals surface area contributed by atoms with E-state index in [9.17, 15) is 8.42 Å². The fourth-order valence-corrected chi connectivity index (χ4v) is 6.33. The number of aliphatic hydroxyl groups is 1. The predicted molar refractivity (Wildman–Crippen MR) is 116 cm³/mol. The molecule has 0 saturated carbocycles. The van der Waals surface area contributed by atoms with Crippen LogP contribution in [0.25, 0.3) is 0 Å². The molecule has 7 heteroatoms. The summed E-state index contributed by atoms with van der Waals surface area (Å²) in [6.07, 6.45) is 3.31. The molecular formula is C22H28N2O3S2. The first-order valence-electron chi connectivity index (χ1n) is 10.1. The lowest BCUT2D eigenvalue weighted by molar-refractivity contribution is 0.0898. The van der Waals surface area contributed by atoms with E-state index in [-0.39, 0.29) is 12.6 Å². The van der Waals surface area contributed by atoms with Gasteiger partial charge in [-0.1, -0.05) is 18.2 Å². The van der Waals surface area contributed by atoms with E-state index < -0.39 is 21.6 Å². The zero-order valence-electron chi connectivity index (χ0n) is 16.8. The lowest BCUT2D eigenvalue weighted by Crippen LogP contribution is -2.48. The number of rotatable bonds is 5. The molecule has 2 aliphatic rings. The number of aliphatic hydroxyl groups excluding tert-OH is 1. The van der Waals surface area contributed by atoms with Gasteiger partial charge in [0.15, 0.2) is 0 Å². The first kappa shape index (κ1) is 20.9. The quantitative estimate of drug-likeness (QED) is 0.785. The number of hydrogen-bond acceptors (Lipinski definition) is 5. The summed E-state index contributed by atoms with van der Waals surface area (Å²) in [5.41, 5.74) is 2.19. The van der Waals surface area contributed by atoms with E-state index in [1.165, 1.54) is 0 Å². The van der Waals surface area contributed by atoms with Crippen molar-refractivity contribution >= 4 is 21.6 Å². The van der Waals surface area contributed by atoms with E-state index in [2.05, 4.69) is 15.9 Å². The molecule has 0 bridgehead atoms. The largest absolute Gasteiger partial charge is 0.396 e. The van der Waals surface area contributed by atoms with Crippen molar-refractivity contribution in [3.05, 3.63) is 53.6 Å². The van der Waals surface area contributed by atoms with Crippen molar-refractivity contribution in [3.63, 3.8) is 0 Å². The van der Waals surface area contributed by atoms with Crippen molar-refractivity contribution < 1.29 is 13.5 Å². The third kappa shape index (κ3) is 4.39. The van der Waals surface area contributed by atoms with Crippen LogP contribution in [0.5, 0.6) is 0 Å². The third-order valence-corrected chi connectivity index (χ3v) is 8.42. The highest BCUT2D eigenvalue weighted by molar-refractivity contribution is 7.85. The standard InChI is InChI=1S/C22H28N2O3S2/c1-28(26)18-7-8-22-19(16-18)20(15-17-5-2-3-6-21(17)29(22)27)24-12-10-23(11-13-24)9-4-14-25/h2-3,5-8,16,20,25H,4,9-15H2,1H3/t20-,28+,29-/m0/s1. The van der Waals surface area contributed by atoms with Crippen molar-refractivity contribution in [2.45, 2.75) is 33.6 Å². The second-order valence-electron chi connectivity index (χ2n) is 7.70. The predicted octanol–water partition coefficient (Wildman–Crippen LogP) is 2.19. The summed E-state index contributed by atoms with van der Waals surface area (Å²) < 4.78 is 25.5. The number of piperazine rings is 1. The molecule has 0 aliphatic carbocycles. The minimum Gasteiger partial charge on any atom is -0.396 e. The van der Waals surface area contributed by atoms with E-state index in [1.54, 1.807) is 6.26 Å². The van der Waals surface area contributed by atoms with Crippen molar-refractivity contribution in [2.24, 2.45) is 0 Å². The van der Waals surface area contributed by atoms with E-state index in [1.807, 2.05) is 36.4 Å². The Labute approximate surface area is 177 Å². The molecular weight excluding hydrogens is 404 g/mol. The molecule has 29 heavy (non-hydrogen) atoms. The molecule has 5 nitrogen and oxygen atoms in total. The zero-order chi connectivity index (χ0) is 20.4. The molecule has 3 atom stereocenters. The highest BCUT2D eigenvalue weighted by atomic mass is 32.2. The summed E-state index contributed by atoms with van der Waals surface area (Å²) in [6, 6.07) is 13.9. The van der Waals surface area contributed by atoms with Crippen LogP contribution in [0.1, 0.15) is 23.6 Å². The highest BCUT2D eigenvalue weighted by Crippen LogP contribution is 2.38. The summed E-state index contributed by atoms with van der Waals surface area (Å²) in [4.78, 5) is 7.41. The average molecular weight is 433 g/mol. The van der Waals surface area contributed by atoms with Gasteiger partial charge in [0, 0.05) is 77.1 Å². The number of hydrogen-bond donors (Lipinski definition) is 1. The Bertz CT molecular complexity index is 926. The zero-order valence-corrected chi connectivity index (χ0v) is 18.4. The van der Waals surface area contributed by atoms with Crippen molar-refractivity contribution in [2.75, 3.05) is 45.6 Å². The maximum Gasteiger partial charge on any atom is 0.0855 e. The fourth-order valence-electron chi connectivity index (χ4n) is 4.34. The summed E-state index contributed by atoms with van der Waals surface area (Å²) in [7, 11) is -2.30. The highest BCUT2D eigenvalue weighted by Gasteiger charge is 2.32. The van der Waals surface area contributed by atoms with Gasteiger partial charge in [0.1, 0.15) is 0 Å². The second-order valence-corrected chi connectivity index (χ2v) is 10.5.